The van der Waals surface area contributed by atoms with Crippen molar-refractivity contribution in [2.75, 3.05) is 6.54 Å². The summed E-state index contributed by atoms with van der Waals surface area (Å²) < 4.78 is 1.83. The van der Waals surface area contributed by atoms with Gasteiger partial charge in [0.1, 0.15) is 12.2 Å². The molecule has 1 aromatic heterocycles. The summed E-state index contributed by atoms with van der Waals surface area (Å²) in [7, 11) is 1.88. The van der Waals surface area contributed by atoms with Crippen LogP contribution in [0.1, 0.15) is 5.82 Å². The van der Waals surface area contributed by atoms with Gasteiger partial charge in [-0.2, -0.15) is 0 Å². The lowest BCUT2D eigenvalue weighted by Gasteiger charge is -1.98. The van der Waals surface area contributed by atoms with Crippen LogP contribution in [0.4, 0.5) is 0 Å². The lowest BCUT2D eigenvalue weighted by molar-refractivity contribution is 0.773. The van der Waals surface area contributed by atoms with Crippen LogP contribution < -0.4 is 17.0 Å². The molecule has 0 aliphatic heterocycles. The maximum Gasteiger partial charge on any atom is 0.203 e. The first-order valence-corrected chi connectivity index (χ1v) is 3.83. The van der Waals surface area contributed by atoms with Gasteiger partial charge in [0.2, 0.25) is 5.96 Å². The van der Waals surface area contributed by atoms with Gasteiger partial charge >= 0.3 is 0 Å². The van der Waals surface area contributed by atoms with Crippen molar-refractivity contribution in [2.45, 2.75) is 6.42 Å². The maximum atomic E-state index is 5.32. The predicted molar refractivity (Wildman–Crippen MR) is 48.5 cm³/mol. The first-order chi connectivity index (χ1) is 6.24. The van der Waals surface area contributed by atoms with E-state index in [2.05, 4.69) is 20.6 Å². The molecule has 13 heavy (non-hydrogen) atoms. The Labute approximate surface area is 75.8 Å². The standard InChI is InChI=1S/C6H13N7/c1-13-4-10-12-5(13)2-3-9-6(7)11-8/h4H,2-3,8H2,1H3,(H3,7,9,11). The summed E-state index contributed by atoms with van der Waals surface area (Å²) in [5, 5.41) is 7.62. The van der Waals surface area contributed by atoms with Crippen molar-refractivity contribution in [1.29, 1.82) is 0 Å². The maximum absolute atomic E-state index is 5.32. The highest BCUT2D eigenvalue weighted by molar-refractivity contribution is 5.77. The van der Waals surface area contributed by atoms with E-state index in [1.165, 1.54) is 0 Å². The van der Waals surface area contributed by atoms with Gasteiger partial charge < -0.3 is 10.3 Å². The van der Waals surface area contributed by atoms with Crippen LogP contribution in [0, 0.1) is 0 Å². The van der Waals surface area contributed by atoms with Crippen LogP contribution in [0.25, 0.3) is 0 Å². The summed E-state index contributed by atoms with van der Waals surface area (Å²) in [4.78, 5) is 3.94. The van der Waals surface area contributed by atoms with Crippen molar-refractivity contribution < 1.29 is 0 Å². The molecule has 0 aliphatic rings. The fourth-order valence-corrected chi connectivity index (χ4v) is 0.855. The summed E-state index contributed by atoms with van der Waals surface area (Å²) >= 11 is 0. The zero-order valence-corrected chi connectivity index (χ0v) is 7.44. The van der Waals surface area contributed by atoms with E-state index in [1.54, 1.807) is 6.33 Å². The summed E-state index contributed by atoms with van der Waals surface area (Å²) in [6.45, 7) is 0.544. The highest BCUT2D eigenvalue weighted by Crippen LogP contribution is 1.92. The largest absolute Gasteiger partial charge is 0.369 e. The SMILES string of the molecule is Cn1cnnc1CCN=C(N)NN. The molecule has 0 bridgehead atoms. The first-order valence-electron chi connectivity index (χ1n) is 3.83. The van der Waals surface area contributed by atoms with Crippen molar-refractivity contribution in [3.05, 3.63) is 12.2 Å². The van der Waals surface area contributed by atoms with Gasteiger partial charge in [-0.15, -0.1) is 10.2 Å². The van der Waals surface area contributed by atoms with Crippen LogP contribution in [-0.2, 0) is 13.5 Å². The number of hydrazine groups is 1. The molecule has 0 saturated carbocycles. The molecule has 0 atom stereocenters. The van der Waals surface area contributed by atoms with E-state index in [9.17, 15) is 0 Å². The number of aliphatic imine (C=N–C) groups is 1. The quantitative estimate of drug-likeness (QED) is 0.220. The van der Waals surface area contributed by atoms with E-state index < -0.39 is 0 Å². The lowest BCUT2D eigenvalue weighted by Crippen LogP contribution is -2.37. The predicted octanol–water partition coefficient (Wildman–Crippen LogP) is -1.86. The topological polar surface area (TPSA) is 107 Å². The van der Waals surface area contributed by atoms with Gasteiger partial charge in [0.25, 0.3) is 0 Å². The molecule has 0 saturated heterocycles. The molecular formula is C6H13N7. The van der Waals surface area contributed by atoms with E-state index in [4.69, 9.17) is 11.6 Å². The van der Waals surface area contributed by atoms with E-state index in [-0.39, 0.29) is 5.96 Å². The van der Waals surface area contributed by atoms with Gasteiger partial charge in [0.15, 0.2) is 0 Å². The molecule has 0 aliphatic carbocycles. The van der Waals surface area contributed by atoms with Crippen molar-refractivity contribution >= 4 is 5.96 Å². The molecular weight excluding hydrogens is 170 g/mol. The van der Waals surface area contributed by atoms with Crippen LogP contribution in [-0.4, -0.2) is 27.3 Å². The van der Waals surface area contributed by atoms with Gasteiger partial charge in [-0.05, 0) is 0 Å². The van der Waals surface area contributed by atoms with Crippen LogP contribution in [0.2, 0.25) is 0 Å². The fraction of sp³-hybridized carbons (Fsp3) is 0.500. The Morgan fingerprint density at radius 3 is 3.08 bits per heavy atom. The Kier molecular flexibility index (Phi) is 3.21. The molecule has 5 N–H and O–H groups in total. The molecule has 1 aromatic rings. The number of guanidine groups is 1. The normalized spacial score (nSPS) is 11.7. The summed E-state index contributed by atoms with van der Waals surface area (Å²) in [6.07, 6.45) is 2.34. The Bertz CT molecular complexity index is 289. The Balaban J connectivity index is 2.40. The van der Waals surface area contributed by atoms with E-state index in [0.29, 0.717) is 13.0 Å². The molecule has 0 amide bonds. The number of aromatic nitrogens is 3. The van der Waals surface area contributed by atoms with Crippen LogP contribution >= 0.6 is 0 Å². The molecule has 7 heteroatoms. The highest BCUT2D eigenvalue weighted by atomic mass is 15.3. The van der Waals surface area contributed by atoms with Gasteiger partial charge in [0.05, 0.1) is 0 Å². The Morgan fingerprint density at radius 1 is 1.77 bits per heavy atom. The summed E-state index contributed by atoms with van der Waals surface area (Å²) in [6, 6.07) is 0. The third-order valence-corrected chi connectivity index (χ3v) is 1.57. The number of hydrogen-bond acceptors (Lipinski definition) is 4. The summed E-state index contributed by atoms with van der Waals surface area (Å²) in [5.41, 5.74) is 7.57. The highest BCUT2D eigenvalue weighted by Gasteiger charge is 1.98. The van der Waals surface area contributed by atoms with Gasteiger partial charge in [-0.25, -0.2) is 5.84 Å². The van der Waals surface area contributed by atoms with Crippen molar-refractivity contribution in [2.24, 2.45) is 23.6 Å². The van der Waals surface area contributed by atoms with Gasteiger partial charge in [-0.1, -0.05) is 0 Å². The smallest absolute Gasteiger partial charge is 0.203 e. The molecule has 0 fully saturated rings. The minimum absolute atomic E-state index is 0.224. The van der Waals surface area contributed by atoms with Crippen molar-refractivity contribution in [3.63, 3.8) is 0 Å². The van der Waals surface area contributed by atoms with Crippen molar-refractivity contribution in [3.8, 4) is 0 Å². The Hall–Kier alpha value is -1.63. The van der Waals surface area contributed by atoms with Crippen LogP contribution in [0.5, 0.6) is 0 Å². The van der Waals surface area contributed by atoms with Crippen LogP contribution in [0.15, 0.2) is 11.3 Å². The zero-order chi connectivity index (χ0) is 9.68. The average Bonchev–Trinajstić information content (AvgIpc) is 2.52. The molecule has 0 spiro atoms. The van der Waals surface area contributed by atoms with E-state index in [0.717, 1.165) is 5.82 Å². The number of rotatable bonds is 3. The van der Waals surface area contributed by atoms with E-state index >= 15 is 0 Å². The lowest BCUT2D eigenvalue weighted by atomic mass is 10.4. The second kappa shape index (κ2) is 4.41. The minimum Gasteiger partial charge on any atom is -0.369 e. The monoisotopic (exact) mass is 183 g/mol. The molecule has 1 rings (SSSR count). The number of nitrogens with one attached hydrogen (secondary N) is 1. The molecule has 0 aromatic carbocycles. The van der Waals surface area contributed by atoms with Gasteiger partial charge in [-0.3, -0.25) is 10.4 Å². The number of nitrogens with zero attached hydrogens (tertiary/aromatic N) is 4. The molecule has 1 heterocycles. The second-order valence-corrected chi connectivity index (χ2v) is 2.52. The number of aryl methyl sites for hydroxylation is 1. The average molecular weight is 183 g/mol. The second-order valence-electron chi connectivity index (χ2n) is 2.52. The fourth-order valence-electron chi connectivity index (χ4n) is 0.855. The van der Waals surface area contributed by atoms with Crippen LogP contribution in [0.3, 0.4) is 0 Å². The molecule has 0 radical (unpaired) electrons. The molecule has 72 valence electrons. The number of hydrogen-bond donors (Lipinski definition) is 3. The molecule has 7 nitrogen and oxygen atoms in total. The minimum atomic E-state index is 0.224. The number of nitrogens with two attached hydrogens (primary N) is 2. The summed E-state index contributed by atoms with van der Waals surface area (Å²) in [5.74, 6) is 6.12. The van der Waals surface area contributed by atoms with Crippen molar-refractivity contribution in [1.82, 2.24) is 20.2 Å². The zero-order valence-electron chi connectivity index (χ0n) is 7.44. The van der Waals surface area contributed by atoms with E-state index in [1.807, 2.05) is 11.6 Å². The molecule has 0 unspecified atom stereocenters. The Morgan fingerprint density at radius 2 is 2.54 bits per heavy atom. The third kappa shape index (κ3) is 2.71. The third-order valence-electron chi connectivity index (χ3n) is 1.57. The van der Waals surface area contributed by atoms with Gasteiger partial charge in [0, 0.05) is 20.0 Å². The first kappa shape index (κ1) is 9.46.